The third kappa shape index (κ3) is 2.69. The van der Waals surface area contributed by atoms with Gasteiger partial charge in [-0.2, -0.15) is 0 Å². The molecule has 2 aliphatic rings. The molecule has 28 heavy (non-hydrogen) atoms. The average Bonchev–Trinajstić information content (AvgIpc) is 3.28. The van der Waals surface area contributed by atoms with E-state index >= 15 is 0 Å². The van der Waals surface area contributed by atoms with Gasteiger partial charge in [0, 0.05) is 26.1 Å². The van der Waals surface area contributed by atoms with Crippen molar-refractivity contribution in [3.8, 4) is 0 Å². The minimum atomic E-state index is -0.492. The van der Waals surface area contributed by atoms with Gasteiger partial charge in [-0.15, -0.1) is 0 Å². The van der Waals surface area contributed by atoms with E-state index in [1.54, 1.807) is 12.7 Å². The molecule has 7 heteroatoms. The summed E-state index contributed by atoms with van der Waals surface area (Å²) < 4.78 is 1.98. The lowest BCUT2D eigenvalue weighted by Gasteiger charge is -2.38. The monoisotopic (exact) mass is 379 g/mol. The summed E-state index contributed by atoms with van der Waals surface area (Å²) in [5.74, 6) is 0.838. The van der Waals surface area contributed by atoms with Gasteiger partial charge in [-0.05, 0) is 29.4 Å². The highest BCUT2D eigenvalue weighted by Gasteiger charge is 2.35. The molecule has 0 unspecified atom stereocenters. The molecule has 0 spiro atoms. The van der Waals surface area contributed by atoms with Crippen LogP contribution in [0, 0.1) is 5.41 Å². The van der Waals surface area contributed by atoms with E-state index in [1.165, 1.54) is 5.56 Å². The molecule has 1 aromatic carbocycles. The van der Waals surface area contributed by atoms with Gasteiger partial charge in [-0.25, -0.2) is 15.0 Å². The number of fused-ring (bicyclic) bond motifs is 2. The number of piperidine rings is 1. The van der Waals surface area contributed by atoms with Crippen LogP contribution in [0.3, 0.4) is 0 Å². The van der Waals surface area contributed by atoms with Crippen LogP contribution in [0.2, 0.25) is 0 Å². The predicted molar refractivity (Wildman–Crippen MR) is 106 cm³/mol. The maximum atomic E-state index is 10.7. The Morgan fingerprint density at radius 3 is 2.71 bits per heavy atom. The zero-order valence-electron chi connectivity index (χ0n) is 16.0. The van der Waals surface area contributed by atoms with Gasteiger partial charge in [-0.3, -0.25) is 0 Å². The van der Waals surface area contributed by atoms with Crippen molar-refractivity contribution in [2.75, 3.05) is 24.6 Å². The van der Waals surface area contributed by atoms with E-state index in [0.29, 0.717) is 6.42 Å². The smallest absolute Gasteiger partial charge is 0.166 e. The Morgan fingerprint density at radius 2 is 1.93 bits per heavy atom. The number of nitrogens with zero attached hydrogens (tertiary/aromatic N) is 5. The van der Waals surface area contributed by atoms with E-state index < -0.39 is 6.10 Å². The highest BCUT2D eigenvalue weighted by Crippen LogP contribution is 2.38. The molecule has 0 radical (unpaired) electrons. The van der Waals surface area contributed by atoms with Crippen LogP contribution in [0.15, 0.2) is 36.9 Å². The average molecular weight is 379 g/mol. The van der Waals surface area contributed by atoms with Gasteiger partial charge in [0.15, 0.2) is 17.0 Å². The number of benzene rings is 1. The van der Waals surface area contributed by atoms with Gasteiger partial charge >= 0.3 is 0 Å². The molecule has 1 fully saturated rings. The summed E-state index contributed by atoms with van der Waals surface area (Å²) in [6, 6.07) is 7.99. The fourth-order valence-corrected chi connectivity index (χ4v) is 4.58. The standard InChI is InChI=1S/C21H25N5O2/c1-21(11-27)6-8-25(9-7-21)19-17-20(23-12-22-19)26(13-24-17)18-15-5-3-2-4-14(15)10-16(18)28/h2-5,12-13,16,18,27-28H,6-11H2,1H3/t16-,18-/m0/s1. The Hall–Kier alpha value is -2.51. The zero-order chi connectivity index (χ0) is 19.3. The molecule has 0 saturated carbocycles. The molecule has 7 nitrogen and oxygen atoms in total. The van der Waals surface area contributed by atoms with Crippen molar-refractivity contribution >= 4 is 17.0 Å². The zero-order valence-corrected chi connectivity index (χ0v) is 16.0. The molecule has 5 rings (SSSR count). The van der Waals surface area contributed by atoms with E-state index in [4.69, 9.17) is 0 Å². The molecule has 3 heterocycles. The van der Waals surface area contributed by atoms with Crippen molar-refractivity contribution in [1.29, 1.82) is 0 Å². The predicted octanol–water partition coefficient (Wildman–Crippen LogP) is 1.93. The Balaban J connectivity index is 1.52. The summed E-state index contributed by atoms with van der Waals surface area (Å²) in [7, 11) is 0. The number of aliphatic hydroxyl groups excluding tert-OH is 2. The lowest BCUT2D eigenvalue weighted by Crippen LogP contribution is -2.40. The lowest BCUT2D eigenvalue weighted by molar-refractivity contribution is 0.114. The molecule has 1 aliphatic carbocycles. The van der Waals surface area contributed by atoms with Crippen molar-refractivity contribution in [2.45, 2.75) is 38.3 Å². The summed E-state index contributed by atoms with van der Waals surface area (Å²) >= 11 is 0. The second kappa shape index (κ2) is 6.53. The number of hydrogen-bond donors (Lipinski definition) is 2. The maximum Gasteiger partial charge on any atom is 0.166 e. The van der Waals surface area contributed by atoms with Gasteiger partial charge in [0.2, 0.25) is 0 Å². The number of imidazole rings is 1. The van der Waals surface area contributed by atoms with Gasteiger partial charge in [0.25, 0.3) is 0 Å². The van der Waals surface area contributed by atoms with Crippen molar-refractivity contribution in [2.24, 2.45) is 5.41 Å². The summed E-state index contributed by atoms with van der Waals surface area (Å²) in [5, 5.41) is 20.3. The first kappa shape index (κ1) is 17.6. The number of anilines is 1. The van der Waals surface area contributed by atoms with E-state index in [9.17, 15) is 10.2 Å². The van der Waals surface area contributed by atoms with Gasteiger partial charge in [0.05, 0.1) is 18.5 Å². The molecule has 0 amide bonds. The topological polar surface area (TPSA) is 87.3 Å². The summed E-state index contributed by atoms with van der Waals surface area (Å²) in [5.41, 5.74) is 3.81. The van der Waals surface area contributed by atoms with Crippen molar-refractivity contribution < 1.29 is 10.2 Å². The third-order valence-electron chi connectivity index (χ3n) is 6.46. The van der Waals surface area contributed by atoms with E-state index in [2.05, 4.69) is 38.9 Å². The van der Waals surface area contributed by atoms with Crippen LogP contribution in [0.25, 0.3) is 11.2 Å². The second-order valence-electron chi connectivity index (χ2n) is 8.39. The normalized spacial score (nSPS) is 23.9. The molecule has 1 aliphatic heterocycles. The highest BCUT2D eigenvalue weighted by molar-refractivity contribution is 5.83. The molecule has 3 aromatic rings. The number of aromatic nitrogens is 4. The fourth-order valence-electron chi connectivity index (χ4n) is 4.58. The van der Waals surface area contributed by atoms with Crippen LogP contribution in [-0.2, 0) is 6.42 Å². The minimum Gasteiger partial charge on any atom is -0.396 e. The van der Waals surface area contributed by atoms with Crippen LogP contribution in [0.5, 0.6) is 0 Å². The van der Waals surface area contributed by atoms with Gasteiger partial charge in [0.1, 0.15) is 6.33 Å². The van der Waals surface area contributed by atoms with Crippen molar-refractivity contribution in [3.63, 3.8) is 0 Å². The van der Waals surface area contributed by atoms with Crippen molar-refractivity contribution in [1.82, 2.24) is 19.5 Å². The third-order valence-corrected chi connectivity index (χ3v) is 6.46. The summed E-state index contributed by atoms with van der Waals surface area (Å²) in [6.45, 7) is 4.02. The molecule has 0 bridgehead atoms. The SMILES string of the molecule is CC1(CO)CCN(c2ncnc3c2ncn3[C@H]2c3ccccc3C[C@@H]2O)CC1. The van der Waals surface area contributed by atoms with E-state index in [1.807, 2.05) is 16.7 Å². The maximum absolute atomic E-state index is 10.7. The molecule has 1 saturated heterocycles. The van der Waals surface area contributed by atoms with E-state index in [0.717, 1.165) is 48.5 Å². The Kier molecular flexibility index (Phi) is 4.10. The number of rotatable bonds is 3. The Bertz CT molecular complexity index is 1010. The lowest BCUT2D eigenvalue weighted by atomic mass is 9.81. The van der Waals surface area contributed by atoms with Crippen LogP contribution in [-0.4, -0.2) is 55.5 Å². The summed E-state index contributed by atoms with van der Waals surface area (Å²) in [4.78, 5) is 15.9. The molecule has 146 valence electrons. The number of aliphatic hydroxyl groups is 2. The Labute approximate surface area is 163 Å². The first-order valence-corrected chi connectivity index (χ1v) is 9.89. The van der Waals surface area contributed by atoms with Crippen LogP contribution in [0.4, 0.5) is 5.82 Å². The Morgan fingerprint density at radius 1 is 1.14 bits per heavy atom. The summed E-state index contributed by atoms with van der Waals surface area (Å²) in [6.07, 6.45) is 5.36. The molecule has 2 aromatic heterocycles. The van der Waals surface area contributed by atoms with Gasteiger partial charge < -0.3 is 19.7 Å². The highest BCUT2D eigenvalue weighted by atomic mass is 16.3. The second-order valence-corrected chi connectivity index (χ2v) is 8.39. The van der Waals surface area contributed by atoms with E-state index in [-0.39, 0.29) is 18.1 Å². The molecule has 2 atom stereocenters. The molecular formula is C21H25N5O2. The molecular weight excluding hydrogens is 354 g/mol. The quantitative estimate of drug-likeness (QED) is 0.723. The molecule has 2 N–H and O–H groups in total. The number of hydrogen-bond acceptors (Lipinski definition) is 6. The fraction of sp³-hybridized carbons (Fsp3) is 0.476. The van der Waals surface area contributed by atoms with Gasteiger partial charge in [-0.1, -0.05) is 31.2 Å². The largest absolute Gasteiger partial charge is 0.396 e. The van der Waals surface area contributed by atoms with Crippen LogP contribution < -0.4 is 4.90 Å². The first-order chi connectivity index (χ1) is 13.6. The first-order valence-electron chi connectivity index (χ1n) is 9.89. The van der Waals surface area contributed by atoms with Crippen molar-refractivity contribution in [3.05, 3.63) is 48.0 Å². The van der Waals surface area contributed by atoms with Crippen LogP contribution >= 0.6 is 0 Å². The minimum absolute atomic E-state index is 0.0142. The van der Waals surface area contributed by atoms with Crippen LogP contribution in [0.1, 0.15) is 36.9 Å².